The van der Waals surface area contributed by atoms with Crippen LogP contribution in [-0.2, 0) is 14.1 Å². The molecule has 0 aliphatic heterocycles. The topological polar surface area (TPSA) is 87.1 Å². The molecule has 1 heterocycles. The molecule has 0 fully saturated rings. The number of hydrogen-bond acceptors (Lipinski definition) is 4. The van der Waals surface area contributed by atoms with E-state index < -0.39 is 22.8 Å². The Morgan fingerprint density at radius 1 is 1.20 bits per heavy atom. The number of nitrogen functional groups attached to an aromatic ring is 1. The first-order valence-corrected chi connectivity index (χ1v) is 5.69. The summed E-state index contributed by atoms with van der Waals surface area (Å²) in [6.45, 7) is 0. The van der Waals surface area contributed by atoms with Crippen molar-refractivity contribution in [3.05, 3.63) is 62.2 Å². The number of hydrogen-bond donors (Lipinski definition) is 1. The lowest BCUT2D eigenvalue weighted by atomic mass is 10.0. The number of nitrogens with zero attached hydrogens (tertiary/aromatic N) is 2. The predicted octanol–water partition coefficient (Wildman–Crippen LogP) is 0.0363. The Balaban J connectivity index is 2.66. The van der Waals surface area contributed by atoms with Gasteiger partial charge in [-0.3, -0.25) is 14.2 Å². The molecule has 0 amide bonds. The number of ketones is 1. The molecule has 0 saturated heterocycles. The lowest BCUT2D eigenvalue weighted by molar-refractivity contribution is 0.103. The first-order chi connectivity index (χ1) is 9.32. The highest BCUT2D eigenvalue weighted by atomic mass is 19.1. The van der Waals surface area contributed by atoms with Crippen molar-refractivity contribution in [2.24, 2.45) is 14.1 Å². The van der Waals surface area contributed by atoms with Crippen molar-refractivity contribution in [1.29, 1.82) is 0 Å². The average Bonchev–Trinajstić information content (AvgIpc) is 2.40. The second-order valence-electron chi connectivity index (χ2n) is 4.37. The van der Waals surface area contributed by atoms with Crippen LogP contribution in [0.15, 0.2) is 34.0 Å². The van der Waals surface area contributed by atoms with Crippen LogP contribution in [0.1, 0.15) is 15.9 Å². The minimum absolute atomic E-state index is 0.174. The molecule has 6 nitrogen and oxygen atoms in total. The average molecular weight is 277 g/mol. The van der Waals surface area contributed by atoms with Crippen LogP contribution in [0.3, 0.4) is 0 Å². The van der Waals surface area contributed by atoms with Crippen LogP contribution in [0.4, 0.5) is 10.1 Å². The number of rotatable bonds is 2. The van der Waals surface area contributed by atoms with E-state index in [-0.39, 0.29) is 16.8 Å². The first-order valence-electron chi connectivity index (χ1n) is 5.69. The predicted molar refractivity (Wildman–Crippen MR) is 71.2 cm³/mol. The smallest absolute Gasteiger partial charge is 0.330 e. The maximum Gasteiger partial charge on any atom is 0.330 e. The molecule has 0 aliphatic carbocycles. The fraction of sp³-hybridized carbons (Fsp3) is 0.154. The fourth-order valence-corrected chi connectivity index (χ4v) is 1.82. The van der Waals surface area contributed by atoms with Crippen LogP contribution < -0.4 is 17.0 Å². The van der Waals surface area contributed by atoms with Gasteiger partial charge in [0.25, 0.3) is 5.56 Å². The van der Waals surface area contributed by atoms with Gasteiger partial charge in [-0.05, 0) is 18.2 Å². The molecule has 0 unspecified atom stereocenters. The summed E-state index contributed by atoms with van der Waals surface area (Å²) in [5, 5.41) is 0. The molecular weight excluding hydrogens is 265 g/mol. The molecule has 0 atom stereocenters. The van der Waals surface area contributed by atoms with E-state index in [9.17, 15) is 18.8 Å². The summed E-state index contributed by atoms with van der Waals surface area (Å²) in [6, 6.07) is 3.57. The van der Waals surface area contributed by atoms with E-state index in [0.717, 1.165) is 21.4 Å². The Labute approximate surface area is 112 Å². The summed E-state index contributed by atoms with van der Waals surface area (Å²) in [4.78, 5) is 35.7. The normalized spacial score (nSPS) is 10.6. The van der Waals surface area contributed by atoms with Crippen molar-refractivity contribution < 1.29 is 9.18 Å². The lowest BCUT2D eigenvalue weighted by Crippen LogP contribution is -2.39. The second-order valence-corrected chi connectivity index (χ2v) is 4.37. The molecule has 2 aromatic rings. The first kappa shape index (κ1) is 13.7. The highest BCUT2D eigenvalue weighted by Gasteiger charge is 2.19. The molecular formula is C13H12FN3O3. The van der Waals surface area contributed by atoms with E-state index in [1.165, 1.54) is 26.2 Å². The van der Waals surface area contributed by atoms with Gasteiger partial charge in [-0.25, -0.2) is 9.18 Å². The van der Waals surface area contributed by atoms with Gasteiger partial charge in [0.1, 0.15) is 11.4 Å². The number of aryl methyl sites for hydroxylation is 1. The molecule has 1 aromatic heterocycles. The molecule has 104 valence electrons. The minimum atomic E-state index is -0.814. The molecule has 0 spiro atoms. The standard InChI is InChI=1S/C13H12FN3O3/c1-16-6-9(12(19)17(2)13(16)20)11(18)8-4-3-7(15)5-10(8)14/h3-6H,15H2,1-2H3. The van der Waals surface area contributed by atoms with Gasteiger partial charge in [-0.2, -0.15) is 0 Å². The number of carbonyl (C=O) groups excluding carboxylic acids is 1. The Kier molecular flexibility index (Phi) is 3.27. The molecule has 0 radical (unpaired) electrons. The van der Waals surface area contributed by atoms with Crippen LogP contribution in [0.5, 0.6) is 0 Å². The zero-order chi connectivity index (χ0) is 15.0. The van der Waals surface area contributed by atoms with E-state index in [2.05, 4.69) is 0 Å². The number of nitrogens with two attached hydrogens (primary N) is 1. The summed E-state index contributed by atoms with van der Waals surface area (Å²) < 4.78 is 15.6. The van der Waals surface area contributed by atoms with Gasteiger partial charge in [0.05, 0.1) is 5.56 Å². The SMILES string of the molecule is Cn1cc(C(=O)c2ccc(N)cc2F)c(=O)n(C)c1=O. The fourth-order valence-electron chi connectivity index (χ4n) is 1.82. The summed E-state index contributed by atoms with van der Waals surface area (Å²) in [5.74, 6) is -1.61. The minimum Gasteiger partial charge on any atom is -0.399 e. The maximum atomic E-state index is 13.7. The van der Waals surface area contributed by atoms with E-state index in [4.69, 9.17) is 5.73 Å². The van der Waals surface area contributed by atoms with Crippen LogP contribution in [0, 0.1) is 5.82 Å². The molecule has 0 aliphatic rings. The van der Waals surface area contributed by atoms with E-state index in [0.29, 0.717) is 0 Å². The zero-order valence-corrected chi connectivity index (χ0v) is 10.9. The zero-order valence-electron chi connectivity index (χ0n) is 10.9. The van der Waals surface area contributed by atoms with Gasteiger partial charge in [-0.1, -0.05) is 0 Å². The number of aromatic nitrogens is 2. The third kappa shape index (κ3) is 2.13. The van der Waals surface area contributed by atoms with Gasteiger partial charge in [0.15, 0.2) is 0 Å². The molecule has 20 heavy (non-hydrogen) atoms. The Morgan fingerprint density at radius 3 is 2.45 bits per heavy atom. The lowest BCUT2D eigenvalue weighted by Gasteiger charge is -2.07. The van der Waals surface area contributed by atoms with Gasteiger partial charge >= 0.3 is 5.69 Å². The summed E-state index contributed by atoms with van der Waals surface area (Å²) in [6.07, 6.45) is 1.10. The van der Waals surface area contributed by atoms with E-state index in [1.807, 2.05) is 0 Å². The monoisotopic (exact) mass is 277 g/mol. The number of anilines is 1. The highest BCUT2D eigenvalue weighted by Crippen LogP contribution is 2.14. The molecule has 0 bridgehead atoms. The van der Waals surface area contributed by atoms with Gasteiger partial charge in [-0.15, -0.1) is 0 Å². The van der Waals surface area contributed by atoms with Crippen molar-refractivity contribution in [2.45, 2.75) is 0 Å². The number of carbonyl (C=O) groups is 1. The van der Waals surface area contributed by atoms with Crippen LogP contribution in [-0.4, -0.2) is 14.9 Å². The maximum absolute atomic E-state index is 13.7. The van der Waals surface area contributed by atoms with E-state index in [1.54, 1.807) is 0 Å². The number of halogens is 1. The quantitative estimate of drug-likeness (QED) is 0.620. The van der Waals surface area contributed by atoms with Gasteiger partial charge in [0, 0.05) is 26.0 Å². The molecule has 2 rings (SSSR count). The summed E-state index contributed by atoms with van der Waals surface area (Å²) >= 11 is 0. The van der Waals surface area contributed by atoms with Crippen LogP contribution in [0.2, 0.25) is 0 Å². The number of benzene rings is 1. The summed E-state index contributed by atoms with van der Waals surface area (Å²) in [5.41, 5.74) is 3.69. The third-order valence-corrected chi connectivity index (χ3v) is 2.93. The van der Waals surface area contributed by atoms with Crippen molar-refractivity contribution in [1.82, 2.24) is 9.13 Å². The molecule has 0 saturated carbocycles. The van der Waals surface area contributed by atoms with Crippen LogP contribution >= 0.6 is 0 Å². The van der Waals surface area contributed by atoms with Crippen LogP contribution in [0.25, 0.3) is 0 Å². The van der Waals surface area contributed by atoms with Crippen molar-refractivity contribution in [3.63, 3.8) is 0 Å². The third-order valence-electron chi connectivity index (χ3n) is 2.93. The van der Waals surface area contributed by atoms with Crippen molar-refractivity contribution >= 4 is 11.5 Å². The van der Waals surface area contributed by atoms with Crippen molar-refractivity contribution in [2.75, 3.05) is 5.73 Å². The molecule has 1 aromatic carbocycles. The van der Waals surface area contributed by atoms with Crippen molar-refractivity contribution in [3.8, 4) is 0 Å². The molecule has 7 heteroatoms. The van der Waals surface area contributed by atoms with Gasteiger partial charge in [0.2, 0.25) is 5.78 Å². The Morgan fingerprint density at radius 2 is 1.85 bits per heavy atom. The largest absolute Gasteiger partial charge is 0.399 e. The second kappa shape index (κ2) is 4.76. The van der Waals surface area contributed by atoms with Gasteiger partial charge < -0.3 is 10.3 Å². The van der Waals surface area contributed by atoms with E-state index >= 15 is 0 Å². The summed E-state index contributed by atoms with van der Waals surface area (Å²) in [7, 11) is 2.65. The Hall–Kier alpha value is -2.70. The Bertz CT molecular complexity index is 821. The highest BCUT2D eigenvalue weighted by molar-refractivity contribution is 6.08. The molecule has 2 N–H and O–H groups in total.